The van der Waals surface area contributed by atoms with E-state index >= 15 is 0 Å². The molecular formula is C15H20BrClN2O. The maximum absolute atomic E-state index is 12.8. The van der Waals surface area contributed by atoms with E-state index < -0.39 is 0 Å². The maximum Gasteiger partial charge on any atom is 0.254 e. The Morgan fingerprint density at radius 1 is 1.50 bits per heavy atom. The zero-order valence-corrected chi connectivity index (χ0v) is 14.0. The van der Waals surface area contributed by atoms with Gasteiger partial charge in [0.15, 0.2) is 0 Å². The zero-order chi connectivity index (χ0) is 14.5. The van der Waals surface area contributed by atoms with Gasteiger partial charge in [0.05, 0.1) is 0 Å². The van der Waals surface area contributed by atoms with Crippen molar-refractivity contribution in [3.63, 3.8) is 0 Å². The Morgan fingerprint density at radius 3 is 2.90 bits per heavy atom. The molecule has 20 heavy (non-hydrogen) atoms. The highest BCUT2D eigenvalue weighted by molar-refractivity contribution is 9.10. The average Bonchev–Trinajstić information content (AvgIpc) is 2.44. The Kier molecular flexibility index (Phi) is 5.87. The number of piperidine rings is 1. The van der Waals surface area contributed by atoms with Gasteiger partial charge in [0.1, 0.15) is 0 Å². The Bertz CT molecular complexity index is 455. The van der Waals surface area contributed by atoms with Crippen LogP contribution in [0.1, 0.15) is 36.5 Å². The van der Waals surface area contributed by atoms with E-state index in [9.17, 15) is 4.79 Å². The first kappa shape index (κ1) is 15.8. The van der Waals surface area contributed by atoms with Gasteiger partial charge in [0.2, 0.25) is 0 Å². The van der Waals surface area contributed by atoms with Crippen molar-refractivity contribution in [2.24, 2.45) is 0 Å². The van der Waals surface area contributed by atoms with E-state index in [0.29, 0.717) is 10.6 Å². The number of amides is 1. The number of benzene rings is 1. The third kappa shape index (κ3) is 3.96. The van der Waals surface area contributed by atoms with Crippen LogP contribution in [0.3, 0.4) is 0 Å². The molecule has 1 aliphatic heterocycles. The third-order valence-corrected chi connectivity index (χ3v) is 4.22. The summed E-state index contributed by atoms with van der Waals surface area (Å²) in [4.78, 5) is 14.7. The first-order valence-corrected chi connectivity index (χ1v) is 8.26. The molecule has 1 unspecified atom stereocenters. The molecule has 1 saturated heterocycles. The van der Waals surface area contributed by atoms with E-state index in [4.69, 9.17) is 11.6 Å². The molecule has 0 bridgehead atoms. The third-order valence-electron chi connectivity index (χ3n) is 3.55. The summed E-state index contributed by atoms with van der Waals surface area (Å²) < 4.78 is 0.839. The van der Waals surface area contributed by atoms with E-state index in [-0.39, 0.29) is 11.9 Å². The van der Waals surface area contributed by atoms with Gasteiger partial charge in [-0.25, -0.2) is 0 Å². The lowest BCUT2D eigenvalue weighted by atomic mass is 10.0. The number of halogens is 2. The molecule has 1 atom stereocenters. The van der Waals surface area contributed by atoms with Gasteiger partial charge < -0.3 is 10.2 Å². The number of carbonyl (C=O) groups is 1. The molecule has 1 aromatic rings. The minimum absolute atomic E-state index is 0.0729. The standard InChI is InChI=1S/C15H20BrClN2O/c1-2-6-19(14-4-3-5-18-10-14)15(20)11-7-12(16)9-13(17)8-11/h7-9,14,18H,2-6,10H2,1H3. The summed E-state index contributed by atoms with van der Waals surface area (Å²) in [6.07, 6.45) is 3.15. The van der Waals surface area contributed by atoms with Gasteiger partial charge in [-0.1, -0.05) is 34.5 Å². The number of hydrogen-bond donors (Lipinski definition) is 1. The highest BCUT2D eigenvalue weighted by atomic mass is 79.9. The summed E-state index contributed by atoms with van der Waals surface area (Å²) in [5.74, 6) is 0.0729. The number of nitrogens with one attached hydrogen (secondary N) is 1. The number of rotatable bonds is 4. The number of nitrogens with zero attached hydrogens (tertiary/aromatic N) is 1. The topological polar surface area (TPSA) is 32.3 Å². The lowest BCUT2D eigenvalue weighted by Crippen LogP contribution is -2.49. The average molecular weight is 360 g/mol. The first-order valence-electron chi connectivity index (χ1n) is 7.09. The molecule has 1 heterocycles. The quantitative estimate of drug-likeness (QED) is 0.889. The van der Waals surface area contributed by atoms with Gasteiger partial charge in [-0.3, -0.25) is 4.79 Å². The Labute approximate surface area is 133 Å². The van der Waals surface area contributed by atoms with E-state index in [1.54, 1.807) is 12.1 Å². The number of hydrogen-bond acceptors (Lipinski definition) is 2. The first-order chi connectivity index (χ1) is 9.61. The van der Waals surface area contributed by atoms with E-state index in [2.05, 4.69) is 28.2 Å². The fraction of sp³-hybridized carbons (Fsp3) is 0.533. The van der Waals surface area contributed by atoms with Crippen LogP contribution in [0.5, 0.6) is 0 Å². The molecular weight excluding hydrogens is 340 g/mol. The van der Waals surface area contributed by atoms with Crippen LogP contribution in [0.15, 0.2) is 22.7 Å². The molecule has 0 aromatic heterocycles. The van der Waals surface area contributed by atoms with E-state index in [0.717, 1.165) is 43.4 Å². The van der Waals surface area contributed by atoms with Crippen LogP contribution in [-0.2, 0) is 0 Å². The Balaban J connectivity index is 2.20. The van der Waals surface area contributed by atoms with Crippen molar-refractivity contribution < 1.29 is 4.79 Å². The SMILES string of the molecule is CCCN(C(=O)c1cc(Cl)cc(Br)c1)C1CCCNC1. The minimum atomic E-state index is 0.0729. The molecule has 0 radical (unpaired) electrons. The molecule has 0 saturated carbocycles. The summed E-state index contributed by atoms with van der Waals surface area (Å²) in [6.45, 7) is 4.82. The van der Waals surface area contributed by atoms with Crippen LogP contribution in [-0.4, -0.2) is 36.5 Å². The second kappa shape index (κ2) is 7.43. The maximum atomic E-state index is 12.8. The fourth-order valence-corrected chi connectivity index (χ4v) is 3.49. The molecule has 1 amide bonds. The molecule has 3 nitrogen and oxygen atoms in total. The molecule has 0 aliphatic carbocycles. The summed E-state index contributed by atoms with van der Waals surface area (Å²) in [5.41, 5.74) is 0.656. The van der Waals surface area contributed by atoms with Crippen LogP contribution in [0.25, 0.3) is 0 Å². The van der Waals surface area contributed by atoms with Crippen molar-refractivity contribution in [1.29, 1.82) is 0 Å². The molecule has 1 N–H and O–H groups in total. The van der Waals surface area contributed by atoms with E-state index in [1.165, 1.54) is 0 Å². The van der Waals surface area contributed by atoms with Gasteiger partial charge in [-0.05, 0) is 44.0 Å². The van der Waals surface area contributed by atoms with Crippen molar-refractivity contribution in [2.45, 2.75) is 32.2 Å². The lowest BCUT2D eigenvalue weighted by Gasteiger charge is -2.34. The molecule has 1 aromatic carbocycles. The van der Waals surface area contributed by atoms with Gasteiger partial charge in [0, 0.05) is 34.2 Å². The van der Waals surface area contributed by atoms with E-state index in [1.807, 2.05) is 11.0 Å². The smallest absolute Gasteiger partial charge is 0.254 e. The fourth-order valence-electron chi connectivity index (χ4n) is 2.63. The molecule has 2 rings (SSSR count). The van der Waals surface area contributed by atoms with Crippen molar-refractivity contribution in [2.75, 3.05) is 19.6 Å². The molecule has 110 valence electrons. The highest BCUT2D eigenvalue weighted by Crippen LogP contribution is 2.22. The van der Waals surface area contributed by atoms with Gasteiger partial charge in [0.25, 0.3) is 5.91 Å². The second-order valence-corrected chi connectivity index (χ2v) is 6.51. The summed E-state index contributed by atoms with van der Waals surface area (Å²) in [6, 6.07) is 5.67. The molecule has 5 heteroatoms. The Hall–Kier alpha value is -0.580. The van der Waals surface area contributed by atoms with Crippen LogP contribution in [0.4, 0.5) is 0 Å². The predicted molar refractivity (Wildman–Crippen MR) is 86.4 cm³/mol. The van der Waals surface area contributed by atoms with Gasteiger partial charge >= 0.3 is 0 Å². The zero-order valence-electron chi connectivity index (χ0n) is 11.7. The largest absolute Gasteiger partial charge is 0.334 e. The van der Waals surface area contributed by atoms with Crippen molar-refractivity contribution in [1.82, 2.24) is 10.2 Å². The highest BCUT2D eigenvalue weighted by Gasteiger charge is 2.25. The normalized spacial score (nSPS) is 18.9. The van der Waals surface area contributed by atoms with Crippen molar-refractivity contribution in [3.05, 3.63) is 33.3 Å². The molecule has 1 fully saturated rings. The number of carbonyl (C=O) groups excluding carboxylic acids is 1. The van der Waals surface area contributed by atoms with Crippen LogP contribution < -0.4 is 5.32 Å². The second-order valence-electron chi connectivity index (χ2n) is 5.16. The van der Waals surface area contributed by atoms with Crippen molar-refractivity contribution >= 4 is 33.4 Å². The lowest BCUT2D eigenvalue weighted by molar-refractivity contribution is 0.0649. The summed E-state index contributed by atoms with van der Waals surface area (Å²) in [7, 11) is 0. The molecule has 0 spiro atoms. The van der Waals surface area contributed by atoms with Gasteiger partial charge in [-0.15, -0.1) is 0 Å². The summed E-state index contributed by atoms with van der Waals surface area (Å²) >= 11 is 9.45. The van der Waals surface area contributed by atoms with Crippen LogP contribution in [0.2, 0.25) is 5.02 Å². The minimum Gasteiger partial charge on any atom is -0.334 e. The summed E-state index contributed by atoms with van der Waals surface area (Å²) in [5, 5.41) is 3.96. The van der Waals surface area contributed by atoms with Crippen LogP contribution in [0, 0.1) is 0 Å². The monoisotopic (exact) mass is 358 g/mol. The molecule has 1 aliphatic rings. The Morgan fingerprint density at radius 2 is 2.30 bits per heavy atom. The van der Waals surface area contributed by atoms with Gasteiger partial charge in [-0.2, -0.15) is 0 Å². The predicted octanol–water partition coefficient (Wildman–Crippen LogP) is 3.71. The van der Waals surface area contributed by atoms with Crippen LogP contribution >= 0.6 is 27.5 Å². The van der Waals surface area contributed by atoms with Crippen molar-refractivity contribution in [3.8, 4) is 0 Å².